The molecule has 31 heavy (non-hydrogen) atoms. The number of carbonyl (C=O) groups excluding carboxylic acids is 2. The molecule has 0 fully saturated rings. The van der Waals surface area contributed by atoms with Crippen LogP contribution in [0.1, 0.15) is 31.4 Å². The molecule has 0 saturated heterocycles. The highest BCUT2D eigenvalue weighted by Gasteiger charge is 2.40. The Bertz CT molecular complexity index is 972. The highest BCUT2D eigenvalue weighted by Crippen LogP contribution is 2.36. The van der Waals surface area contributed by atoms with E-state index in [4.69, 9.17) is 9.47 Å². The number of likely N-dealkylation sites (N-methyl/N-ethyl adjacent to an activating group) is 1. The Morgan fingerprint density at radius 1 is 0.968 bits per heavy atom. The number of carbonyl (C=O) groups is 2. The quantitative estimate of drug-likeness (QED) is 0.547. The summed E-state index contributed by atoms with van der Waals surface area (Å²) in [6.45, 7) is 5.56. The highest BCUT2D eigenvalue weighted by atomic mass is 16.5. The van der Waals surface area contributed by atoms with Gasteiger partial charge in [0, 0.05) is 32.0 Å². The molecule has 2 heterocycles. The van der Waals surface area contributed by atoms with E-state index < -0.39 is 0 Å². The number of rotatable bonds is 10. The molecular formula is C24H29N3O4. The minimum Gasteiger partial charge on any atom is -0.493 e. The maximum Gasteiger partial charge on any atom is 0.277 e. The van der Waals surface area contributed by atoms with Gasteiger partial charge in [0.25, 0.3) is 11.8 Å². The molecule has 0 unspecified atom stereocenters. The van der Waals surface area contributed by atoms with Crippen molar-refractivity contribution in [2.45, 2.75) is 26.7 Å². The molecule has 0 N–H and O–H groups in total. The minimum atomic E-state index is -0.267. The highest BCUT2D eigenvalue weighted by molar-refractivity contribution is 6.35. The van der Waals surface area contributed by atoms with Crippen molar-refractivity contribution >= 4 is 17.4 Å². The van der Waals surface area contributed by atoms with Crippen LogP contribution in [0.2, 0.25) is 0 Å². The first-order chi connectivity index (χ1) is 15.0. The first-order valence-corrected chi connectivity index (χ1v) is 10.5. The van der Waals surface area contributed by atoms with Gasteiger partial charge in [-0.3, -0.25) is 19.5 Å². The van der Waals surface area contributed by atoms with Crippen LogP contribution in [-0.2, 0) is 16.0 Å². The zero-order chi connectivity index (χ0) is 22.4. The second-order valence-electron chi connectivity index (χ2n) is 7.24. The van der Waals surface area contributed by atoms with E-state index in [1.54, 1.807) is 44.8 Å². The SMILES string of the molecule is CCCN1C(=O)C(c2ccc(OC)c(OC)c2)=C(N(CC)CCc2ccncc2)C1=O. The molecule has 1 aliphatic rings. The molecule has 164 valence electrons. The van der Waals surface area contributed by atoms with Crippen LogP contribution in [0.4, 0.5) is 0 Å². The lowest BCUT2D eigenvalue weighted by atomic mass is 10.0. The van der Waals surface area contributed by atoms with Gasteiger partial charge in [-0.1, -0.05) is 13.0 Å². The Morgan fingerprint density at radius 3 is 2.29 bits per heavy atom. The van der Waals surface area contributed by atoms with Gasteiger partial charge >= 0.3 is 0 Å². The standard InChI is InChI=1S/C24H29N3O4/c1-5-14-27-23(28)21(18-7-8-19(30-3)20(16-18)31-4)22(24(27)29)26(6-2)15-11-17-9-12-25-13-10-17/h7-10,12-13,16H,5-6,11,14-15H2,1-4H3. The van der Waals surface area contributed by atoms with Crippen LogP contribution in [0.15, 0.2) is 48.4 Å². The summed E-state index contributed by atoms with van der Waals surface area (Å²) >= 11 is 0. The number of aromatic nitrogens is 1. The second-order valence-corrected chi connectivity index (χ2v) is 7.24. The van der Waals surface area contributed by atoms with Crippen LogP contribution < -0.4 is 9.47 Å². The third-order valence-corrected chi connectivity index (χ3v) is 5.38. The lowest BCUT2D eigenvalue weighted by Gasteiger charge is -2.25. The van der Waals surface area contributed by atoms with Crippen molar-refractivity contribution in [3.63, 3.8) is 0 Å². The Hall–Kier alpha value is -3.35. The van der Waals surface area contributed by atoms with E-state index in [1.165, 1.54) is 4.90 Å². The van der Waals surface area contributed by atoms with Gasteiger partial charge in [-0.15, -0.1) is 0 Å². The Morgan fingerprint density at radius 2 is 1.68 bits per heavy atom. The Balaban J connectivity index is 2.04. The van der Waals surface area contributed by atoms with Crippen molar-refractivity contribution in [1.29, 1.82) is 0 Å². The number of pyridine rings is 1. The van der Waals surface area contributed by atoms with Crippen molar-refractivity contribution < 1.29 is 19.1 Å². The van der Waals surface area contributed by atoms with Gasteiger partial charge in [0.2, 0.25) is 0 Å². The number of benzene rings is 1. The topological polar surface area (TPSA) is 72.0 Å². The number of hydrogen-bond donors (Lipinski definition) is 0. The van der Waals surface area contributed by atoms with Gasteiger partial charge in [0.15, 0.2) is 11.5 Å². The lowest BCUT2D eigenvalue weighted by molar-refractivity contribution is -0.137. The predicted molar refractivity (Wildman–Crippen MR) is 119 cm³/mol. The first kappa shape index (κ1) is 22.3. The lowest BCUT2D eigenvalue weighted by Crippen LogP contribution is -2.36. The Labute approximate surface area is 183 Å². The van der Waals surface area contributed by atoms with Crippen LogP contribution in [0.25, 0.3) is 5.57 Å². The molecule has 0 aliphatic carbocycles. The summed E-state index contributed by atoms with van der Waals surface area (Å²) in [5.41, 5.74) is 2.63. The molecule has 0 bridgehead atoms. The average molecular weight is 424 g/mol. The fourth-order valence-corrected chi connectivity index (χ4v) is 3.78. The molecule has 0 spiro atoms. The molecule has 0 radical (unpaired) electrons. The van der Waals surface area contributed by atoms with Gasteiger partial charge in [0.1, 0.15) is 5.70 Å². The number of nitrogens with zero attached hydrogens (tertiary/aromatic N) is 3. The van der Waals surface area contributed by atoms with Crippen LogP contribution >= 0.6 is 0 Å². The maximum absolute atomic E-state index is 13.3. The summed E-state index contributed by atoms with van der Waals surface area (Å²) in [4.78, 5) is 34.0. The van der Waals surface area contributed by atoms with Crippen molar-refractivity contribution in [3.05, 3.63) is 59.5 Å². The minimum absolute atomic E-state index is 0.242. The second kappa shape index (κ2) is 10.1. The molecule has 3 rings (SSSR count). The molecule has 0 atom stereocenters. The zero-order valence-corrected chi connectivity index (χ0v) is 18.6. The predicted octanol–water partition coefficient (Wildman–Crippen LogP) is 3.15. The number of methoxy groups -OCH3 is 2. The van der Waals surface area contributed by atoms with Gasteiger partial charge in [-0.2, -0.15) is 0 Å². The van der Waals surface area contributed by atoms with E-state index in [0.29, 0.717) is 54.4 Å². The number of ether oxygens (including phenoxy) is 2. The van der Waals surface area contributed by atoms with Crippen LogP contribution in [-0.4, -0.2) is 60.5 Å². The first-order valence-electron chi connectivity index (χ1n) is 10.5. The Kier molecular flexibility index (Phi) is 7.28. The molecule has 1 aliphatic heterocycles. The summed E-state index contributed by atoms with van der Waals surface area (Å²) in [6.07, 6.45) is 4.96. The summed E-state index contributed by atoms with van der Waals surface area (Å²) in [5.74, 6) is 0.575. The molecular weight excluding hydrogens is 394 g/mol. The number of imide groups is 1. The van der Waals surface area contributed by atoms with E-state index in [0.717, 1.165) is 12.0 Å². The fraction of sp³-hybridized carbons (Fsp3) is 0.375. The number of amides is 2. The van der Waals surface area contributed by atoms with Crippen molar-refractivity contribution in [2.24, 2.45) is 0 Å². The summed E-state index contributed by atoms with van der Waals surface area (Å²) < 4.78 is 10.7. The number of hydrogen-bond acceptors (Lipinski definition) is 6. The third-order valence-electron chi connectivity index (χ3n) is 5.38. The van der Waals surface area contributed by atoms with Crippen molar-refractivity contribution in [1.82, 2.24) is 14.8 Å². The molecule has 1 aromatic heterocycles. The largest absolute Gasteiger partial charge is 0.493 e. The normalized spacial score (nSPS) is 13.7. The monoisotopic (exact) mass is 423 g/mol. The molecule has 0 saturated carbocycles. The van der Waals surface area contributed by atoms with Gasteiger partial charge in [-0.05, 0) is 55.2 Å². The van der Waals surface area contributed by atoms with Crippen LogP contribution in [0.3, 0.4) is 0 Å². The van der Waals surface area contributed by atoms with Gasteiger partial charge in [-0.25, -0.2) is 0 Å². The van der Waals surface area contributed by atoms with E-state index in [-0.39, 0.29) is 11.8 Å². The summed E-state index contributed by atoms with van der Waals surface area (Å²) in [5, 5.41) is 0. The molecule has 7 heteroatoms. The third kappa shape index (κ3) is 4.55. The van der Waals surface area contributed by atoms with Crippen molar-refractivity contribution in [2.75, 3.05) is 33.9 Å². The molecule has 7 nitrogen and oxygen atoms in total. The summed E-state index contributed by atoms with van der Waals surface area (Å²) in [7, 11) is 3.11. The van der Waals surface area contributed by atoms with E-state index in [2.05, 4.69) is 4.98 Å². The van der Waals surface area contributed by atoms with E-state index >= 15 is 0 Å². The molecule has 2 aromatic rings. The maximum atomic E-state index is 13.3. The molecule has 1 aromatic carbocycles. The molecule has 2 amide bonds. The van der Waals surface area contributed by atoms with Crippen molar-refractivity contribution in [3.8, 4) is 11.5 Å². The fourth-order valence-electron chi connectivity index (χ4n) is 3.78. The van der Waals surface area contributed by atoms with E-state index in [9.17, 15) is 9.59 Å². The van der Waals surface area contributed by atoms with Gasteiger partial charge in [0.05, 0.1) is 19.8 Å². The smallest absolute Gasteiger partial charge is 0.277 e. The van der Waals surface area contributed by atoms with Gasteiger partial charge < -0.3 is 14.4 Å². The van der Waals surface area contributed by atoms with E-state index in [1.807, 2.05) is 30.9 Å². The van der Waals surface area contributed by atoms with Crippen LogP contribution in [0.5, 0.6) is 11.5 Å². The average Bonchev–Trinajstić information content (AvgIpc) is 3.05. The zero-order valence-electron chi connectivity index (χ0n) is 18.6. The van der Waals surface area contributed by atoms with Crippen LogP contribution in [0, 0.1) is 0 Å². The summed E-state index contributed by atoms with van der Waals surface area (Å²) in [6, 6.07) is 9.23.